The van der Waals surface area contributed by atoms with Gasteiger partial charge >= 0.3 is 5.97 Å². The molecule has 0 radical (unpaired) electrons. The fraction of sp³-hybridized carbons (Fsp3) is 0.375. The molecule has 1 fully saturated rings. The summed E-state index contributed by atoms with van der Waals surface area (Å²) in [4.78, 5) is 12.1. The van der Waals surface area contributed by atoms with Crippen molar-refractivity contribution in [1.29, 1.82) is 0 Å². The van der Waals surface area contributed by atoms with Crippen LogP contribution in [0.1, 0.15) is 36.6 Å². The molecule has 3 heteroatoms. The number of aryl methyl sites for hydroxylation is 1. The van der Waals surface area contributed by atoms with Crippen molar-refractivity contribution in [3.05, 3.63) is 82.9 Å². The molecule has 0 unspecified atom stereocenters. The summed E-state index contributed by atoms with van der Waals surface area (Å²) in [6.45, 7) is 6.78. The molecule has 0 aliphatic carbocycles. The Bertz CT molecular complexity index is 777. The molecule has 0 saturated carbocycles. The standard InChI is InChI=1S/C24H28O3/c1-4-18(3)24(25)27-16-22-21(14-19-12-10-17(2)11-13-19)15-26-23(22)20-8-6-5-7-9-20/h4-13,21-23H,14-16H2,1-3H3/b18-4-/t21-,22-,23+/m0/s1. The third-order valence-corrected chi connectivity index (χ3v) is 5.39. The van der Waals surface area contributed by atoms with E-state index in [-0.39, 0.29) is 18.0 Å². The first-order chi connectivity index (χ1) is 13.1. The fourth-order valence-corrected chi connectivity index (χ4v) is 3.57. The maximum Gasteiger partial charge on any atom is 0.333 e. The van der Waals surface area contributed by atoms with Crippen LogP contribution >= 0.6 is 0 Å². The molecule has 142 valence electrons. The topological polar surface area (TPSA) is 35.5 Å². The predicted octanol–water partition coefficient (Wildman–Crippen LogP) is 5.05. The van der Waals surface area contributed by atoms with Crippen molar-refractivity contribution < 1.29 is 14.3 Å². The van der Waals surface area contributed by atoms with Gasteiger partial charge in [-0.2, -0.15) is 0 Å². The molecule has 3 rings (SSSR count). The predicted molar refractivity (Wildman–Crippen MR) is 107 cm³/mol. The van der Waals surface area contributed by atoms with Gasteiger partial charge in [0.05, 0.1) is 19.3 Å². The zero-order chi connectivity index (χ0) is 19.2. The number of hydrogen-bond acceptors (Lipinski definition) is 3. The van der Waals surface area contributed by atoms with Gasteiger partial charge in [-0.15, -0.1) is 0 Å². The SMILES string of the molecule is C/C=C(/C)C(=O)OC[C@H]1[C@@H](Cc2ccc(C)cc2)CO[C@@H]1c1ccccc1. The molecule has 27 heavy (non-hydrogen) atoms. The number of allylic oxidation sites excluding steroid dienone is 1. The normalized spacial score (nSPS) is 22.6. The van der Waals surface area contributed by atoms with E-state index in [0.717, 1.165) is 12.0 Å². The summed E-state index contributed by atoms with van der Waals surface area (Å²) in [5.41, 5.74) is 4.34. The molecule has 1 heterocycles. The molecule has 0 aromatic heterocycles. The zero-order valence-electron chi connectivity index (χ0n) is 16.4. The van der Waals surface area contributed by atoms with Crippen molar-refractivity contribution in [2.75, 3.05) is 13.2 Å². The smallest absolute Gasteiger partial charge is 0.333 e. The van der Waals surface area contributed by atoms with E-state index in [0.29, 0.717) is 24.7 Å². The molecule has 2 aromatic rings. The monoisotopic (exact) mass is 364 g/mol. The van der Waals surface area contributed by atoms with E-state index in [4.69, 9.17) is 9.47 Å². The molecule has 1 aliphatic heterocycles. The minimum Gasteiger partial charge on any atom is -0.462 e. The number of benzene rings is 2. The van der Waals surface area contributed by atoms with Crippen LogP contribution in [0.5, 0.6) is 0 Å². The lowest BCUT2D eigenvalue weighted by Gasteiger charge is -2.23. The van der Waals surface area contributed by atoms with E-state index in [1.54, 1.807) is 13.0 Å². The molecular formula is C24H28O3. The Morgan fingerprint density at radius 2 is 1.85 bits per heavy atom. The number of ether oxygens (including phenoxy) is 2. The van der Waals surface area contributed by atoms with Crippen LogP contribution < -0.4 is 0 Å². The van der Waals surface area contributed by atoms with Gasteiger partial charge in [0.1, 0.15) is 0 Å². The summed E-state index contributed by atoms with van der Waals surface area (Å²) in [7, 11) is 0. The summed E-state index contributed by atoms with van der Waals surface area (Å²) in [6, 6.07) is 18.9. The lowest BCUT2D eigenvalue weighted by atomic mass is 9.84. The molecule has 0 N–H and O–H groups in total. The van der Waals surface area contributed by atoms with Crippen LogP contribution in [0.25, 0.3) is 0 Å². The average Bonchev–Trinajstić information content (AvgIpc) is 3.10. The molecule has 1 saturated heterocycles. The number of hydrogen-bond donors (Lipinski definition) is 0. The van der Waals surface area contributed by atoms with Crippen LogP contribution in [0.2, 0.25) is 0 Å². The number of carbonyl (C=O) groups excluding carboxylic acids is 1. The van der Waals surface area contributed by atoms with Crippen molar-refractivity contribution in [1.82, 2.24) is 0 Å². The van der Waals surface area contributed by atoms with E-state index < -0.39 is 0 Å². The van der Waals surface area contributed by atoms with Gasteiger partial charge in [-0.1, -0.05) is 66.2 Å². The molecule has 3 nitrogen and oxygen atoms in total. The van der Waals surface area contributed by atoms with Crippen molar-refractivity contribution in [2.45, 2.75) is 33.3 Å². The Labute approximate surface area is 162 Å². The van der Waals surface area contributed by atoms with Crippen molar-refractivity contribution in [2.24, 2.45) is 11.8 Å². The highest BCUT2D eigenvalue weighted by atomic mass is 16.5. The molecule has 0 bridgehead atoms. The lowest BCUT2D eigenvalue weighted by molar-refractivity contribution is -0.141. The van der Waals surface area contributed by atoms with Crippen LogP contribution in [0, 0.1) is 18.8 Å². The van der Waals surface area contributed by atoms with Gasteiger partial charge in [0, 0.05) is 11.5 Å². The average molecular weight is 364 g/mol. The second-order valence-electron chi connectivity index (χ2n) is 7.35. The third kappa shape index (κ3) is 4.86. The van der Waals surface area contributed by atoms with Crippen molar-refractivity contribution >= 4 is 5.97 Å². The Morgan fingerprint density at radius 3 is 2.52 bits per heavy atom. The zero-order valence-corrected chi connectivity index (χ0v) is 16.4. The summed E-state index contributed by atoms with van der Waals surface area (Å²) < 4.78 is 11.8. The summed E-state index contributed by atoms with van der Waals surface area (Å²) in [5, 5.41) is 0. The first-order valence-electron chi connectivity index (χ1n) is 9.60. The minimum absolute atomic E-state index is 0.0413. The summed E-state index contributed by atoms with van der Waals surface area (Å²) >= 11 is 0. The Hall–Kier alpha value is -2.39. The Kier molecular flexibility index (Phi) is 6.46. The van der Waals surface area contributed by atoms with Crippen LogP contribution in [0.15, 0.2) is 66.2 Å². The van der Waals surface area contributed by atoms with E-state index in [9.17, 15) is 4.79 Å². The first-order valence-corrected chi connectivity index (χ1v) is 9.60. The maximum atomic E-state index is 12.1. The van der Waals surface area contributed by atoms with Gasteiger partial charge in [-0.25, -0.2) is 4.79 Å². The Balaban J connectivity index is 1.76. The van der Waals surface area contributed by atoms with E-state index in [1.807, 2.05) is 25.1 Å². The maximum absolute atomic E-state index is 12.1. The van der Waals surface area contributed by atoms with Gasteiger partial charge < -0.3 is 9.47 Å². The second-order valence-corrected chi connectivity index (χ2v) is 7.35. The number of rotatable bonds is 6. The van der Waals surface area contributed by atoms with Gasteiger partial charge in [-0.3, -0.25) is 0 Å². The summed E-state index contributed by atoms with van der Waals surface area (Å²) in [5.74, 6) is 0.212. The van der Waals surface area contributed by atoms with Crippen LogP contribution in [-0.2, 0) is 20.7 Å². The van der Waals surface area contributed by atoms with Crippen LogP contribution in [0.3, 0.4) is 0 Å². The molecule has 2 aromatic carbocycles. The van der Waals surface area contributed by atoms with Gasteiger partial charge in [-0.05, 0) is 44.2 Å². The van der Waals surface area contributed by atoms with Crippen molar-refractivity contribution in [3.63, 3.8) is 0 Å². The Morgan fingerprint density at radius 1 is 1.15 bits per heavy atom. The highest BCUT2D eigenvalue weighted by Gasteiger charge is 2.39. The fourth-order valence-electron chi connectivity index (χ4n) is 3.57. The van der Waals surface area contributed by atoms with Crippen LogP contribution in [-0.4, -0.2) is 19.2 Å². The molecule has 0 amide bonds. The number of carbonyl (C=O) groups is 1. The van der Waals surface area contributed by atoms with Crippen molar-refractivity contribution in [3.8, 4) is 0 Å². The minimum atomic E-state index is -0.245. The first kappa shape index (κ1) is 19.4. The highest BCUT2D eigenvalue weighted by molar-refractivity contribution is 5.87. The van der Waals surface area contributed by atoms with E-state index in [2.05, 4.69) is 43.3 Å². The van der Waals surface area contributed by atoms with Gasteiger partial charge in [0.15, 0.2) is 0 Å². The molecule has 0 spiro atoms. The molecule has 3 atom stereocenters. The summed E-state index contributed by atoms with van der Waals surface area (Å²) in [6.07, 6.45) is 2.67. The largest absolute Gasteiger partial charge is 0.462 e. The van der Waals surface area contributed by atoms with E-state index in [1.165, 1.54) is 11.1 Å². The number of esters is 1. The van der Waals surface area contributed by atoms with Gasteiger partial charge in [0.25, 0.3) is 0 Å². The van der Waals surface area contributed by atoms with E-state index >= 15 is 0 Å². The van der Waals surface area contributed by atoms with Crippen LogP contribution in [0.4, 0.5) is 0 Å². The quantitative estimate of drug-likeness (QED) is 0.531. The third-order valence-electron chi connectivity index (χ3n) is 5.39. The highest BCUT2D eigenvalue weighted by Crippen LogP contribution is 2.40. The second kappa shape index (κ2) is 9.01. The lowest BCUT2D eigenvalue weighted by Crippen LogP contribution is -2.24. The molecular weight excluding hydrogens is 336 g/mol. The van der Waals surface area contributed by atoms with Gasteiger partial charge in [0.2, 0.25) is 0 Å². The molecule has 1 aliphatic rings.